The third-order valence-corrected chi connectivity index (χ3v) is 6.48. The van der Waals surface area contributed by atoms with E-state index in [0.29, 0.717) is 24.7 Å². The molecule has 1 aliphatic heterocycles. The highest BCUT2D eigenvalue weighted by atomic mass is 19.1. The smallest absolute Gasteiger partial charge is 0.225 e. The summed E-state index contributed by atoms with van der Waals surface area (Å²) < 4.78 is 15.5. The van der Waals surface area contributed by atoms with Crippen molar-refractivity contribution in [2.24, 2.45) is 5.92 Å². The molecule has 3 heterocycles. The zero-order valence-corrected chi connectivity index (χ0v) is 18.1. The molecule has 0 saturated heterocycles. The number of anilines is 1. The molecule has 1 aromatic carbocycles. The molecule has 0 unspecified atom stereocenters. The molecule has 1 saturated carbocycles. The topological polar surface area (TPSA) is 71.8 Å². The van der Waals surface area contributed by atoms with Gasteiger partial charge in [-0.05, 0) is 60.7 Å². The van der Waals surface area contributed by atoms with Gasteiger partial charge in [-0.2, -0.15) is 5.10 Å². The van der Waals surface area contributed by atoms with Gasteiger partial charge in [-0.1, -0.05) is 19.3 Å². The van der Waals surface area contributed by atoms with Crippen molar-refractivity contribution in [3.05, 3.63) is 54.1 Å². The Labute approximate surface area is 187 Å². The number of benzene rings is 1. The van der Waals surface area contributed by atoms with Crippen LogP contribution in [0.15, 0.2) is 42.6 Å². The summed E-state index contributed by atoms with van der Waals surface area (Å²) >= 11 is 0. The minimum Gasteiger partial charge on any atom is -0.311 e. The van der Waals surface area contributed by atoms with E-state index in [1.807, 2.05) is 16.8 Å². The summed E-state index contributed by atoms with van der Waals surface area (Å²) in [5, 5.41) is 11.2. The van der Waals surface area contributed by atoms with E-state index in [1.165, 1.54) is 31.4 Å². The Morgan fingerprint density at radius 3 is 2.75 bits per heavy atom. The number of carbonyl (C=O) groups is 1. The molecule has 7 heteroatoms. The second-order valence-electron chi connectivity index (χ2n) is 8.76. The lowest BCUT2D eigenvalue weighted by atomic mass is 9.87. The molecule has 3 aromatic rings. The maximum absolute atomic E-state index is 13.5. The fourth-order valence-corrected chi connectivity index (χ4v) is 4.87. The molecule has 2 N–H and O–H groups in total. The Hall–Kier alpha value is -3.06. The van der Waals surface area contributed by atoms with Crippen LogP contribution in [0.1, 0.15) is 44.2 Å². The molecule has 0 bridgehead atoms. The molecule has 0 radical (unpaired) electrons. The van der Waals surface area contributed by atoms with E-state index in [1.54, 1.807) is 18.3 Å². The van der Waals surface area contributed by atoms with Crippen molar-refractivity contribution in [3.63, 3.8) is 0 Å². The molecule has 6 nitrogen and oxygen atoms in total. The van der Waals surface area contributed by atoms with Crippen LogP contribution >= 0.6 is 0 Å². The number of aromatic nitrogens is 3. The van der Waals surface area contributed by atoms with Gasteiger partial charge in [0.2, 0.25) is 5.91 Å². The van der Waals surface area contributed by atoms with E-state index in [-0.39, 0.29) is 11.7 Å². The first-order chi connectivity index (χ1) is 15.7. The third-order valence-electron chi connectivity index (χ3n) is 6.48. The number of hydrogen-bond acceptors (Lipinski definition) is 4. The summed E-state index contributed by atoms with van der Waals surface area (Å²) in [6.07, 6.45) is 8.27. The average Bonchev–Trinajstić information content (AvgIpc) is 3.20. The molecule has 2 aromatic heterocycles. The van der Waals surface area contributed by atoms with Gasteiger partial charge in [-0.15, -0.1) is 0 Å². The van der Waals surface area contributed by atoms with E-state index in [9.17, 15) is 9.18 Å². The Kier molecular flexibility index (Phi) is 5.99. The molecule has 0 spiro atoms. The van der Waals surface area contributed by atoms with Gasteiger partial charge in [-0.3, -0.25) is 9.48 Å². The summed E-state index contributed by atoms with van der Waals surface area (Å²) in [7, 11) is 0. The van der Waals surface area contributed by atoms with Crippen LogP contribution in [0.5, 0.6) is 0 Å². The molecular weight excluding hydrogens is 405 g/mol. The number of carbonyl (C=O) groups excluding carboxylic acids is 1. The molecule has 2 aliphatic rings. The fraction of sp³-hybridized carbons (Fsp3) is 0.400. The van der Waals surface area contributed by atoms with Crippen LogP contribution in [0.2, 0.25) is 0 Å². The maximum atomic E-state index is 13.5. The SMILES string of the molecule is O=C(CC1CCCCC1)Nc1cc(-c2c(-c3ccc(F)cc3)nn3c2CNCC3)ccn1. The van der Waals surface area contributed by atoms with Crippen molar-refractivity contribution in [1.29, 1.82) is 0 Å². The number of nitrogens with one attached hydrogen (secondary N) is 2. The lowest BCUT2D eigenvalue weighted by molar-refractivity contribution is -0.117. The lowest BCUT2D eigenvalue weighted by Gasteiger charge is -2.20. The summed E-state index contributed by atoms with van der Waals surface area (Å²) in [5.41, 5.74) is 4.70. The van der Waals surface area contributed by atoms with Gasteiger partial charge in [0.1, 0.15) is 17.3 Å². The minimum absolute atomic E-state index is 0.0269. The molecule has 5 rings (SSSR count). The number of nitrogens with zero attached hydrogens (tertiary/aromatic N) is 3. The molecule has 32 heavy (non-hydrogen) atoms. The first-order valence-electron chi connectivity index (χ1n) is 11.5. The van der Waals surface area contributed by atoms with Crippen LogP contribution in [0.25, 0.3) is 22.4 Å². The fourth-order valence-electron chi connectivity index (χ4n) is 4.87. The quantitative estimate of drug-likeness (QED) is 0.608. The maximum Gasteiger partial charge on any atom is 0.225 e. The number of fused-ring (bicyclic) bond motifs is 1. The van der Waals surface area contributed by atoms with Gasteiger partial charge in [-0.25, -0.2) is 9.37 Å². The van der Waals surface area contributed by atoms with Crippen LogP contribution < -0.4 is 10.6 Å². The largest absolute Gasteiger partial charge is 0.311 e. The predicted octanol–water partition coefficient (Wildman–Crippen LogP) is 4.76. The lowest BCUT2D eigenvalue weighted by Crippen LogP contribution is -2.28. The van der Waals surface area contributed by atoms with E-state index < -0.39 is 0 Å². The number of hydrogen-bond donors (Lipinski definition) is 2. The van der Waals surface area contributed by atoms with Gasteiger partial charge in [0.15, 0.2) is 0 Å². The first-order valence-corrected chi connectivity index (χ1v) is 11.5. The molecule has 1 fully saturated rings. The van der Waals surface area contributed by atoms with Crippen molar-refractivity contribution in [3.8, 4) is 22.4 Å². The van der Waals surface area contributed by atoms with Crippen LogP contribution in [0.4, 0.5) is 10.2 Å². The Bertz CT molecular complexity index is 1100. The highest BCUT2D eigenvalue weighted by Crippen LogP contribution is 2.36. The Morgan fingerprint density at radius 2 is 1.94 bits per heavy atom. The standard InChI is InChI=1S/C25H28FN5O/c26-20-8-6-18(7-9-20)25-24(21-16-27-12-13-31(21)30-25)19-10-11-28-22(15-19)29-23(32)14-17-4-2-1-3-5-17/h6-11,15,17,27H,1-5,12-14,16H2,(H,28,29,32). The number of halogens is 1. The molecule has 1 aliphatic carbocycles. The van der Waals surface area contributed by atoms with Gasteiger partial charge in [0.05, 0.1) is 12.2 Å². The molecular formula is C25H28FN5O. The van der Waals surface area contributed by atoms with Crippen LogP contribution in [0, 0.1) is 11.7 Å². The Morgan fingerprint density at radius 1 is 1.12 bits per heavy atom. The van der Waals surface area contributed by atoms with Crippen LogP contribution in [-0.4, -0.2) is 27.2 Å². The highest BCUT2D eigenvalue weighted by Gasteiger charge is 2.23. The van der Waals surface area contributed by atoms with Crippen molar-refractivity contribution in [2.45, 2.75) is 51.6 Å². The summed E-state index contributed by atoms with van der Waals surface area (Å²) in [4.78, 5) is 17.0. The number of rotatable bonds is 5. The third kappa shape index (κ3) is 4.43. The Balaban J connectivity index is 1.45. The molecule has 1 amide bonds. The normalized spacial score (nSPS) is 16.5. The average molecular weight is 434 g/mol. The number of pyridine rings is 1. The number of amides is 1. The van der Waals surface area contributed by atoms with Gasteiger partial charge in [0.25, 0.3) is 0 Å². The van der Waals surface area contributed by atoms with Crippen molar-refractivity contribution < 1.29 is 9.18 Å². The van der Waals surface area contributed by atoms with E-state index >= 15 is 0 Å². The summed E-state index contributed by atoms with van der Waals surface area (Å²) in [5.74, 6) is 0.787. The van der Waals surface area contributed by atoms with Crippen LogP contribution in [-0.2, 0) is 17.9 Å². The zero-order valence-electron chi connectivity index (χ0n) is 18.1. The zero-order chi connectivity index (χ0) is 21.9. The van der Waals surface area contributed by atoms with Crippen molar-refractivity contribution >= 4 is 11.7 Å². The minimum atomic E-state index is -0.271. The van der Waals surface area contributed by atoms with E-state index in [0.717, 1.165) is 54.0 Å². The second kappa shape index (κ2) is 9.20. The van der Waals surface area contributed by atoms with Crippen molar-refractivity contribution in [1.82, 2.24) is 20.1 Å². The first kappa shape index (κ1) is 20.8. The monoisotopic (exact) mass is 433 g/mol. The summed E-state index contributed by atoms with van der Waals surface area (Å²) in [6.45, 7) is 2.34. The van der Waals surface area contributed by atoms with E-state index in [4.69, 9.17) is 5.10 Å². The van der Waals surface area contributed by atoms with E-state index in [2.05, 4.69) is 15.6 Å². The highest BCUT2D eigenvalue weighted by molar-refractivity contribution is 5.91. The molecule has 0 atom stereocenters. The predicted molar refractivity (Wildman–Crippen MR) is 122 cm³/mol. The van der Waals surface area contributed by atoms with Gasteiger partial charge >= 0.3 is 0 Å². The van der Waals surface area contributed by atoms with Crippen molar-refractivity contribution in [2.75, 3.05) is 11.9 Å². The van der Waals surface area contributed by atoms with Gasteiger partial charge in [0, 0.05) is 36.8 Å². The second-order valence-corrected chi connectivity index (χ2v) is 8.76. The van der Waals surface area contributed by atoms with Crippen LogP contribution in [0.3, 0.4) is 0 Å². The molecule has 166 valence electrons. The van der Waals surface area contributed by atoms with Gasteiger partial charge < -0.3 is 10.6 Å². The summed E-state index contributed by atoms with van der Waals surface area (Å²) in [6, 6.07) is 10.3.